The van der Waals surface area contributed by atoms with Gasteiger partial charge in [-0.2, -0.15) is 0 Å². The third-order valence-electron chi connectivity index (χ3n) is 6.24. The number of benzene rings is 3. The van der Waals surface area contributed by atoms with Gasteiger partial charge in [0.2, 0.25) is 0 Å². The number of hydrogen-bond donors (Lipinski definition) is 5. The van der Waals surface area contributed by atoms with Gasteiger partial charge in [0.25, 0.3) is 0 Å². The molecular formula is C26H28O5. The Kier molecular flexibility index (Phi) is 5.94. The van der Waals surface area contributed by atoms with Crippen LogP contribution in [0.3, 0.4) is 0 Å². The van der Waals surface area contributed by atoms with E-state index < -0.39 is 0 Å². The van der Waals surface area contributed by atoms with Gasteiger partial charge < -0.3 is 25.5 Å². The van der Waals surface area contributed by atoms with Crippen LogP contribution in [0.1, 0.15) is 65.8 Å². The van der Waals surface area contributed by atoms with Crippen molar-refractivity contribution in [3.8, 4) is 28.7 Å². The van der Waals surface area contributed by atoms with Crippen LogP contribution >= 0.6 is 0 Å². The standard InChI is InChI=1S/C26H28O5/c27-21-8-6-18(24(29)14-21)10-16-11-20(13-19-7-9-22(28)15-25(19)30)26(31)23(12-16)17-4-2-1-3-5-17/h6-9,11-12,14-15,17,27-31H,1-5,10,13H2. The fraction of sp³-hybridized carbons (Fsp3) is 0.308. The van der Waals surface area contributed by atoms with Crippen molar-refractivity contribution in [2.75, 3.05) is 0 Å². The summed E-state index contributed by atoms with van der Waals surface area (Å²) in [5.74, 6) is 0.570. The molecule has 162 valence electrons. The average Bonchev–Trinajstić information content (AvgIpc) is 2.74. The molecule has 1 aliphatic carbocycles. The lowest BCUT2D eigenvalue weighted by atomic mass is 9.81. The van der Waals surface area contributed by atoms with Gasteiger partial charge in [-0.3, -0.25) is 0 Å². The Balaban J connectivity index is 1.74. The molecule has 0 aromatic heterocycles. The molecule has 0 unspecified atom stereocenters. The van der Waals surface area contributed by atoms with Crippen LogP contribution in [-0.4, -0.2) is 25.5 Å². The second-order valence-electron chi connectivity index (χ2n) is 8.51. The highest BCUT2D eigenvalue weighted by molar-refractivity contribution is 5.52. The molecule has 0 saturated heterocycles. The van der Waals surface area contributed by atoms with Crippen molar-refractivity contribution in [3.63, 3.8) is 0 Å². The van der Waals surface area contributed by atoms with Crippen LogP contribution in [0.2, 0.25) is 0 Å². The van der Waals surface area contributed by atoms with E-state index in [1.165, 1.54) is 24.6 Å². The summed E-state index contributed by atoms with van der Waals surface area (Å²) in [6.45, 7) is 0. The molecule has 1 saturated carbocycles. The first kappa shape index (κ1) is 20.9. The topological polar surface area (TPSA) is 101 Å². The summed E-state index contributed by atoms with van der Waals surface area (Å²) in [5, 5.41) is 50.7. The molecule has 0 amide bonds. The van der Waals surface area contributed by atoms with E-state index in [1.807, 2.05) is 12.1 Å². The zero-order valence-corrected chi connectivity index (χ0v) is 17.4. The molecule has 0 atom stereocenters. The summed E-state index contributed by atoms with van der Waals surface area (Å²) >= 11 is 0. The summed E-state index contributed by atoms with van der Waals surface area (Å²) in [4.78, 5) is 0. The lowest BCUT2D eigenvalue weighted by Gasteiger charge is -2.25. The van der Waals surface area contributed by atoms with Gasteiger partial charge in [0.05, 0.1) is 0 Å². The molecular weight excluding hydrogens is 392 g/mol. The Morgan fingerprint density at radius 2 is 1.19 bits per heavy atom. The van der Waals surface area contributed by atoms with E-state index in [0.29, 0.717) is 29.5 Å². The average molecular weight is 421 g/mol. The van der Waals surface area contributed by atoms with Gasteiger partial charge in [-0.05, 0) is 58.7 Å². The summed E-state index contributed by atoms with van der Waals surface area (Å²) in [5.41, 5.74) is 3.89. The van der Waals surface area contributed by atoms with Gasteiger partial charge in [0, 0.05) is 25.0 Å². The van der Waals surface area contributed by atoms with Crippen molar-refractivity contribution in [1.29, 1.82) is 0 Å². The highest BCUT2D eigenvalue weighted by Crippen LogP contribution is 2.41. The fourth-order valence-corrected chi connectivity index (χ4v) is 4.58. The molecule has 0 bridgehead atoms. The third kappa shape index (κ3) is 4.71. The molecule has 3 aromatic carbocycles. The molecule has 31 heavy (non-hydrogen) atoms. The number of phenolic OH excluding ortho intramolecular Hbond substituents is 5. The molecule has 3 aromatic rings. The van der Waals surface area contributed by atoms with Gasteiger partial charge in [0.1, 0.15) is 28.7 Å². The van der Waals surface area contributed by atoms with Crippen molar-refractivity contribution in [2.24, 2.45) is 0 Å². The van der Waals surface area contributed by atoms with Crippen LogP contribution in [0.25, 0.3) is 0 Å². The van der Waals surface area contributed by atoms with Crippen LogP contribution < -0.4 is 0 Å². The number of hydrogen-bond acceptors (Lipinski definition) is 5. The molecule has 0 aliphatic heterocycles. The maximum atomic E-state index is 11.1. The van der Waals surface area contributed by atoms with Crippen molar-refractivity contribution in [1.82, 2.24) is 0 Å². The Morgan fingerprint density at radius 1 is 0.613 bits per heavy atom. The van der Waals surface area contributed by atoms with Crippen LogP contribution in [-0.2, 0) is 12.8 Å². The summed E-state index contributed by atoms with van der Waals surface area (Å²) in [7, 11) is 0. The minimum Gasteiger partial charge on any atom is -0.508 e. The van der Waals surface area contributed by atoms with Crippen molar-refractivity contribution in [3.05, 3.63) is 76.3 Å². The number of phenols is 5. The largest absolute Gasteiger partial charge is 0.508 e. The summed E-state index contributed by atoms with van der Waals surface area (Å²) < 4.78 is 0. The van der Waals surface area contributed by atoms with Gasteiger partial charge in [0.15, 0.2) is 0 Å². The van der Waals surface area contributed by atoms with Gasteiger partial charge in [-0.25, -0.2) is 0 Å². The van der Waals surface area contributed by atoms with Gasteiger partial charge in [-0.15, -0.1) is 0 Å². The van der Waals surface area contributed by atoms with E-state index in [-0.39, 0.29) is 34.7 Å². The summed E-state index contributed by atoms with van der Waals surface area (Å²) in [6.07, 6.45) is 6.35. The van der Waals surface area contributed by atoms with Gasteiger partial charge in [-0.1, -0.05) is 43.5 Å². The highest BCUT2D eigenvalue weighted by Gasteiger charge is 2.22. The Hall–Kier alpha value is -3.34. The van der Waals surface area contributed by atoms with E-state index >= 15 is 0 Å². The maximum absolute atomic E-state index is 11.1. The Morgan fingerprint density at radius 3 is 1.77 bits per heavy atom. The first-order chi connectivity index (χ1) is 14.9. The van der Waals surface area contributed by atoms with Crippen molar-refractivity contribution < 1.29 is 25.5 Å². The SMILES string of the molecule is Oc1ccc(Cc2cc(Cc3ccc(O)cc3O)c(O)c(C3CCCCC3)c2)c(O)c1. The minimum atomic E-state index is -0.0137. The minimum absolute atomic E-state index is 0.00933. The van der Waals surface area contributed by atoms with Crippen molar-refractivity contribution >= 4 is 0 Å². The molecule has 5 N–H and O–H groups in total. The Labute approximate surface area is 181 Å². The van der Waals surface area contributed by atoms with Crippen LogP contribution in [0.15, 0.2) is 48.5 Å². The molecule has 1 fully saturated rings. The predicted molar refractivity (Wildman–Crippen MR) is 119 cm³/mol. The predicted octanol–water partition coefficient (Wildman–Crippen LogP) is 5.44. The Bertz CT molecular complexity index is 1080. The third-order valence-corrected chi connectivity index (χ3v) is 6.24. The molecule has 5 heteroatoms. The van der Waals surface area contributed by atoms with Crippen LogP contribution in [0.4, 0.5) is 0 Å². The summed E-state index contributed by atoms with van der Waals surface area (Å²) in [6, 6.07) is 13.0. The normalized spacial score (nSPS) is 14.6. The highest BCUT2D eigenvalue weighted by atomic mass is 16.3. The second kappa shape index (κ2) is 8.80. The van der Waals surface area contributed by atoms with E-state index in [9.17, 15) is 25.5 Å². The molecule has 1 aliphatic rings. The monoisotopic (exact) mass is 420 g/mol. The van der Waals surface area contributed by atoms with Crippen molar-refractivity contribution in [2.45, 2.75) is 50.9 Å². The van der Waals surface area contributed by atoms with Gasteiger partial charge >= 0.3 is 0 Å². The first-order valence-corrected chi connectivity index (χ1v) is 10.8. The van der Waals surface area contributed by atoms with E-state index in [1.54, 1.807) is 18.2 Å². The maximum Gasteiger partial charge on any atom is 0.122 e. The van der Waals surface area contributed by atoms with E-state index in [0.717, 1.165) is 36.8 Å². The zero-order chi connectivity index (χ0) is 22.0. The molecule has 0 radical (unpaired) electrons. The quantitative estimate of drug-likeness (QED) is 0.378. The van der Waals surface area contributed by atoms with Crippen LogP contribution in [0, 0.1) is 0 Å². The fourth-order valence-electron chi connectivity index (χ4n) is 4.58. The van der Waals surface area contributed by atoms with E-state index in [4.69, 9.17) is 0 Å². The van der Waals surface area contributed by atoms with Crippen LogP contribution in [0.5, 0.6) is 28.7 Å². The number of rotatable bonds is 5. The molecule has 5 nitrogen and oxygen atoms in total. The zero-order valence-electron chi connectivity index (χ0n) is 17.4. The lowest BCUT2D eigenvalue weighted by molar-refractivity contribution is 0.411. The first-order valence-electron chi connectivity index (χ1n) is 10.8. The number of aromatic hydroxyl groups is 5. The lowest BCUT2D eigenvalue weighted by Crippen LogP contribution is -2.07. The smallest absolute Gasteiger partial charge is 0.122 e. The molecule has 4 rings (SSSR count). The van der Waals surface area contributed by atoms with E-state index in [2.05, 4.69) is 0 Å². The molecule has 0 spiro atoms. The molecule has 0 heterocycles. The second-order valence-corrected chi connectivity index (χ2v) is 8.51.